The fourth-order valence-electron chi connectivity index (χ4n) is 1.95. The SMILES string of the molecule is Cc1c(Br)cccc1C(=O)N1CCOC[C@@H]1C#N. The molecule has 1 aliphatic rings. The molecule has 0 unspecified atom stereocenters. The van der Waals surface area contributed by atoms with E-state index in [4.69, 9.17) is 10.00 Å². The van der Waals surface area contributed by atoms with Crippen LogP contribution in [0.25, 0.3) is 0 Å². The van der Waals surface area contributed by atoms with Crippen molar-refractivity contribution in [2.45, 2.75) is 13.0 Å². The highest BCUT2D eigenvalue weighted by molar-refractivity contribution is 9.10. The monoisotopic (exact) mass is 308 g/mol. The molecule has 2 rings (SSSR count). The van der Waals surface area contributed by atoms with Gasteiger partial charge in [-0.15, -0.1) is 0 Å². The number of nitriles is 1. The number of morpholine rings is 1. The highest BCUT2D eigenvalue weighted by atomic mass is 79.9. The molecule has 5 heteroatoms. The van der Waals surface area contributed by atoms with Crippen LogP contribution in [-0.4, -0.2) is 36.6 Å². The maximum absolute atomic E-state index is 12.4. The molecule has 0 aliphatic carbocycles. The van der Waals surface area contributed by atoms with Gasteiger partial charge in [-0.2, -0.15) is 5.26 Å². The van der Waals surface area contributed by atoms with Gasteiger partial charge in [0.05, 0.1) is 19.3 Å². The summed E-state index contributed by atoms with van der Waals surface area (Å²) in [6.45, 7) is 3.12. The van der Waals surface area contributed by atoms with Gasteiger partial charge < -0.3 is 9.64 Å². The Hall–Kier alpha value is -1.38. The molecule has 18 heavy (non-hydrogen) atoms. The van der Waals surface area contributed by atoms with Crippen molar-refractivity contribution < 1.29 is 9.53 Å². The summed E-state index contributed by atoms with van der Waals surface area (Å²) in [5.41, 5.74) is 1.53. The summed E-state index contributed by atoms with van der Waals surface area (Å²) >= 11 is 3.41. The average molecular weight is 309 g/mol. The first kappa shape index (κ1) is 13.1. The fourth-order valence-corrected chi connectivity index (χ4v) is 2.31. The van der Waals surface area contributed by atoms with Crippen LogP contribution in [0.1, 0.15) is 15.9 Å². The van der Waals surface area contributed by atoms with Gasteiger partial charge >= 0.3 is 0 Å². The zero-order valence-corrected chi connectivity index (χ0v) is 11.6. The Morgan fingerprint density at radius 3 is 3.11 bits per heavy atom. The van der Waals surface area contributed by atoms with E-state index in [0.29, 0.717) is 18.7 Å². The van der Waals surface area contributed by atoms with Crippen LogP contribution < -0.4 is 0 Å². The number of hydrogen-bond donors (Lipinski definition) is 0. The average Bonchev–Trinajstić information content (AvgIpc) is 2.41. The molecule has 0 spiro atoms. The summed E-state index contributed by atoms with van der Waals surface area (Å²) in [6.07, 6.45) is 0. The predicted molar refractivity (Wildman–Crippen MR) is 70.1 cm³/mol. The van der Waals surface area contributed by atoms with Crippen molar-refractivity contribution in [2.75, 3.05) is 19.8 Å². The molecule has 0 saturated carbocycles. The third-order valence-corrected chi connectivity index (χ3v) is 3.90. The summed E-state index contributed by atoms with van der Waals surface area (Å²) < 4.78 is 6.12. The number of hydrogen-bond acceptors (Lipinski definition) is 3. The van der Waals surface area contributed by atoms with E-state index in [-0.39, 0.29) is 12.5 Å². The quantitative estimate of drug-likeness (QED) is 0.798. The second-order valence-electron chi connectivity index (χ2n) is 4.13. The number of benzene rings is 1. The van der Waals surface area contributed by atoms with Gasteiger partial charge in [0, 0.05) is 16.6 Å². The van der Waals surface area contributed by atoms with E-state index in [0.717, 1.165) is 10.0 Å². The van der Waals surface area contributed by atoms with Crippen LogP contribution in [0.4, 0.5) is 0 Å². The van der Waals surface area contributed by atoms with E-state index < -0.39 is 6.04 Å². The molecule has 0 radical (unpaired) electrons. The maximum atomic E-state index is 12.4. The van der Waals surface area contributed by atoms with Crippen LogP contribution in [0.15, 0.2) is 22.7 Å². The van der Waals surface area contributed by atoms with Crippen LogP contribution in [0.3, 0.4) is 0 Å². The second-order valence-corrected chi connectivity index (χ2v) is 4.99. The molecule has 1 heterocycles. The molecular weight excluding hydrogens is 296 g/mol. The molecule has 1 aromatic rings. The van der Waals surface area contributed by atoms with Crippen molar-refractivity contribution >= 4 is 21.8 Å². The van der Waals surface area contributed by atoms with E-state index >= 15 is 0 Å². The van der Waals surface area contributed by atoms with E-state index in [1.54, 1.807) is 11.0 Å². The van der Waals surface area contributed by atoms with Gasteiger partial charge in [0.1, 0.15) is 6.04 Å². The molecule has 1 atom stereocenters. The molecule has 1 fully saturated rings. The lowest BCUT2D eigenvalue weighted by Crippen LogP contribution is -2.48. The van der Waals surface area contributed by atoms with E-state index in [1.807, 2.05) is 19.1 Å². The number of amides is 1. The molecule has 1 amide bonds. The first-order valence-electron chi connectivity index (χ1n) is 5.68. The molecular formula is C13H13BrN2O2. The normalized spacial score (nSPS) is 19.4. The van der Waals surface area contributed by atoms with E-state index in [9.17, 15) is 4.79 Å². The molecule has 0 aromatic heterocycles. The summed E-state index contributed by atoms with van der Waals surface area (Å²) in [5, 5.41) is 9.05. The first-order chi connectivity index (χ1) is 8.65. The molecule has 1 aromatic carbocycles. The van der Waals surface area contributed by atoms with Gasteiger partial charge in [-0.3, -0.25) is 4.79 Å². The minimum absolute atomic E-state index is 0.108. The Morgan fingerprint density at radius 1 is 1.61 bits per heavy atom. The summed E-state index contributed by atoms with van der Waals surface area (Å²) in [4.78, 5) is 14.0. The van der Waals surface area contributed by atoms with Crippen LogP contribution >= 0.6 is 15.9 Å². The lowest BCUT2D eigenvalue weighted by atomic mass is 10.1. The second kappa shape index (κ2) is 5.51. The highest BCUT2D eigenvalue weighted by Crippen LogP contribution is 2.22. The van der Waals surface area contributed by atoms with Gasteiger partial charge in [-0.1, -0.05) is 22.0 Å². The Bertz CT molecular complexity index is 510. The van der Waals surface area contributed by atoms with E-state index in [1.165, 1.54) is 0 Å². The van der Waals surface area contributed by atoms with Crippen molar-refractivity contribution in [3.8, 4) is 6.07 Å². The number of ether oxygens (including phenoxy) is 1. The topological polar surface area (TPSA) is 53.3 Å². The van der Waals surface area contributed by atoms with Gasteiger partial charge in [0.2, 0.25) is 0 Å². The smallest absolute Gasteiger partial charge is 0.255 e. The maximum Gasteiger partial charge on any atom is 0.255 e. The lowest BCUT2D eigenvalue weighted by Gasteiger charge is -2.31. The van der Waals surface area contributed by atoms with Crippen molar-refractivity contribution in [3.05, 3.63) is 33.8 Å². The molecule has 94 valence electrons. The third kappa shape index (κ3) is 2.40. The highest BCUT2D eigenvalue weighted by Gasteiger charge is 2.28. The molecule has 1 saturated heterocycles. The van der Waals surface area contributed by atoms with Gasteiger partial charge in [0.15, 0.2) is 0 Å². The van der Waals surface area contributed by atoms with Crippen LogP contribution in [-0.2, 0) is 4.74 Å². The fraction of sp³-hybridized carbons (Fsp3) is 0.385. The Kier molecular flexibility index (Phi) is 4.00. The predicted octanol–water partition coefficient (Wildman–Crippen LogP) is 2.12. The van der Waals surface area contributed by atoms with Crippen molar-refractivity contribution in [1.82, 2.24) is 4.90 Å². The zero-order chi connectivity index (χ0) is 13.1. The number of carbonyl (C=O) groups excluding carboxylic acids is 1. The van der Waals surface area contributed by atoms with Crippen molar-refractivity contribution in [3.63, 3.8) is 0 Å². The Labute approximate surface area is 114 Å². The Balaban J connectivity index is 2.30. The molecule has 1 aliphatic heterocycles. The summed E-state index contributed by atoms with van der Waals surface area (Å²) in [6, 6.07) is 7.12. The molecule has 0 N–H and O–H groups in total. The summed E-state index contributed by atoms with van der Waals surface area (Å²) in [7, 11) is 0. The lowest BCUT2D eigenvalue weighted by molar-refractivity contribution is 0.0132. The van der Waals surface area contributed by atoms with E-state index in [2.05, 4.69) is 22.0 Å². The number of nitrogens with zero attached hydrogens (tertiary/aromatic N) is 2. The van der Waals surface area contributed by atoms with Crippen LogP contribution in [0, 0.1) is 18.3 Å². The largest absolute Gasteiger partial charge is 0.376 e. The zero-order valence-electron chi connectivity index (χ0n) is 10.0. The number of rotatable bonds is 1. The number of carbonyl (C=O) groups is 1. The number of halogens is 1. The minimum Gasteiger partial charge on any atom is -0.376 e. The third-order valence-electron chi connectivity index (χ3n) is 3.04. The minimum atomic E-state index is -0.496. The van der Waals surface area contributed by atoms with Gasteiger partial charge in [-0.25, -0.2) is 0 Å². The van der Waals surface area contributed by atoms with Crippen LogP contribution in [0.2, 0.25) is 0 Å². The van der Waals surface area contributed by atoms with Gasteiger partial charge in [0.25, 0.3) is 5.91 Å². The van der Waals surface area contributed by atoms with Gasteiger partial charge in [-0.05, 0) is 24.6 Å². The van der Waals surface area contributed by atoms with Crippen molar-refractivity contribution in [2.24, 2.45) is 0 Å². The standard InChI is InChI=1S/C13H13BrN2O2/c1-9-11(3-2-4-12(9)14)13(17)16-5-6-18-8-10(16)7-15/h2-4,10H,5-6,8H2,1H3/t10-/m0/s1. The summed E-state index contributed by atoms with van der Waals surface area (Å²) in [5.74, 6) is -0.108. The first-order valence-corrected chi connectivity index (χ1v) is 6.48. The van der Waals surface area contributed by atoms with Crippen molar-refractivity contribution in [1.29, 1.82) is 5.26 Å². The van der Waals surface area contributed by atoms with Crippen LogP contribution in [0.5, 0.6) is 0 Å². The molecule has 4 nitrogen and oxygen atoms in total. The molecule has 0 bridgehead atoms. The Morgan fingerprint density at radius 2 is 2.39 bits per heavy atom.